The number of carbonyl (C=O) groups excluding carboxylic acids is 1. The largest absolute Gasteiger partial charge is 0.349 e. The second kappa shape index (κ2) is 6.67. The molecule has 1 N–H and O–H groups in total. The molecule has 2 aromatic carbocycles. The van der Waals surface area contributed by atoms with Crippen molar-refractivity contribution >= 4 is 16.8 Å². The van der Waals surface area contributed by atoms with Crippen molar-refractivity contribution in [2.45, 2.75) is 32.2 Å². The fourth-order valence-corrected chi connectivity index (χ4v) is 3.38. The summed E-state index contributed by atoms with van der Waals surface area (Å²) in [7, 11) is 0. The summed E-state index contributed by atoms with van der Waals surface area (Å²) in [5.74, 6) is 0.632. The number of amides is 1. The number of carbonyl (C=O) groups is 1. The Morgan fingerprint density at radius 1 is 1.12 bits per heavy atom. The van der Waals surface area contributed by atoms with Crippen molar-refractivity contribution in [3.63, 3.8) is 0 Å². The average Bonchev–Trinajstić information content (AvgIpc) is 3.46. The van der Waals surface area contributed by atoms with E-state index in [1.54, 1.807) is 6.20 Å². The van der Waals surface area contributed by atoms with Gasteiger partial charge in [0, 0.05) is 11.6 Å². The quantitative estimate of drug-likeness (QED) is 0.755. The van der Waals surface area contributed by atoms with E-state index in [9.17, 15) is 4.79 Å². The van der Waals surface area contributed by atoms with Crippen LogP contribution in [-0.4, -0.2) is 10.9 Å². The first-order valence-electron chi connectivity index (χ1n) is 8.89. The molecule has 1 heterocycles. The molecule has 1 aromatic heterocycles. The molecule has 3 aromatic rings. The highest BCUT2D eigenvalue weighted by atomic mass is 16.1. The van der Waals surface area contributed by atoms with Crippen molar-refractivity contribution in [3.05, 3.63) is 77.5 Å². The lowest BCUT2D eigenvalue weighted by Crippen LogP contribution is -2.31. The zero-order chi connectivity index (χ0) is 17.2. The molecule has 1 aliphatic rings. The summed E-state index contributed by atoms with van der Waals surface area (Å²) in [5.41, 5.74) is 4.34. The van der Waals surface area contributed by atoms with Gasteiger partial charge in [-0.15, -0.1) is 0 Å². The van der Waals surface area contributed by atoms with Crippen molar-refractivity contribution in [3.8, 4) is 0 Å². The van der Waals surface area contributed by atoms with Gasteiger partial charge in [0.05, 0.1) is 18.0 Å². The van der Waals surface area contributed by atoms with Crippen molar-refractivity contribution in [1.29, 1.82) is 0 Å². The number of fused-ring (bicyclic) bond motifs is 1. The lowest BCUT2D eigenvalue weighted by atomic mass is 10.00. The van der Waals surface area contributed by atoms with Gasteiger partial charge in [-0.2, -0.15) is 0 Å². The Kier molecular flexibility index (Phi) is 4.22. The van der Waals surface area contributed by atoms with E-state index in [0.717, 1.165) is 16.5 Å². The predicted molar refractivity (Wildman–Crippen MR) is 100 cm³/mol. The van der Waals surface area contributed by atoms with Crippen LogP contribution in [0, 0.1) is 12.8 Å². The Morgan fingerprint density at radius 3 is 2.64 bits per heavy atom. The molecular weight excluding hydrogens is 308 g/mol. The van der Waals surface area contributed by atoms with Gasteiger partial charge in [0.1, 0.15) is 0 Å². The van der Waals surface area contributed by atoms with E-state index in [1.165, 1.54) is 24.0 Å². The highest BCUT2D eigenvalue weighted by molar-refractivity contribution is 5.87. The van der Waals surface area contributed by atoms with Gasteiger partial charge in [0.25, 0.3) is 0 Å². The summed E-state index contributed by atoms with van der Waals surface area (Å²) in [5, 5.41) is 4.34. The normalized spacial score (nSPS) is 15.1. The van der Waals surface area contributed by atoms with Crippen molar-refractivity contribution in [2.75, 3.05) is 0 Å². The SMILES string of the molecule is Cc1ccc(C(NC(=O)Cc2cccc3cccnc23)C2CC2)cc1. The standard InChI is InChI=1S/C22H22N2O/c1-15-7-9-17(10-8-15)22(18-11-12-18)24-20(25)14-19-5-2-4-16-6-3-13-23-21(16)19/h2-10,13,18,22H,11-12,14H2,1H3,(H,24,25). The maximum absolute atomic E-state index is 12.7. The third-order valence-electron chi connectivity index (χ3n) is 4.91. The van der Waals surface area contributed by atoms with Crippen LogP contribution >= 0.6 is 0 Å². The zero-order valence-electron chi connectivity index (χ0n) is 14.4. The van der Waals surface area contributed by atoms with Gasteiger partial charge in [-0.1, -0.05) is 54.1 Å². The van der Waals surface area contributed by atoms with Crippen molar-refractivity contribution in [2.24, 2.45) is 5.92 Å². The van der Waals surface area contributed by atoms with Gasteiger partial charge < -0.3 is 5.32 Å². The first-order chi connectivity index (χ1) is 12.2. The minimum absolute atomic E-state index is 0.0654. The summed E-state index contributed by atoms with van der Waals surface area (Å²) in [6.45, 7) is 2.09. The number of hydrogen-bond acceptors (Lipinski definition) is 2. The number of hydrogen-bond donors (Lipinski definition) is 1. The first-order valence-corrected chi connectivity index (χ1v) is 8.89. The molecule has 1 aliphatic carbocycles. The van der Waals surface area contributed by atoms with E-state index in [-0.39, 0.29) is 11.9 Å². The second-order valence-electron chi connectivity index (χ2n) is 6.96. The Labute approximate surface area is 148 Å². The molecule has 1 atom stereocenters. The Hall–Kier alpha value is -2.68. The molecule has 1 saturated carbocycles. The zero-order valence-corrected chi connectivity index (χ0v) is 14.4. The number of aryl methyl sites for hydroxylation is 1. The van der Waals surface area contributed by atoms with E-state index >= 15 is 0 Å². The number of nitrogens with zero attached hydrogens (tertiary/aromatic N) is 1. The molecular formula is C22H22N2O. The second-order valence-corrected chi connectivity index (χ2v) is 6.96. The molecule has 3 nitrogen and oxygen atoms in total. The maximum Gasteiger partial charge on any atom is 0.224 e. The van der Waals surface area contributed by atoms with Crippen LogP contribution in [0.15, 0.2) is 60.8 Å². The van der Waals surface area contributed by atoms with Crippen molar-refractivity contribution in [1.82, 2.24) is 10.3 Å². The Bertz CT molecular complexity index is 892. The molecule has 0 radical (unpaired) electrons. The highest BCUT2D eigenvalue weighted by Crippen LogP contribution is 2.41. The Balaban J connectivity index is 1.53. The first kappa shape index (κ1) is 15.8. The van der Waals surface area contributed by atoms with Crippen LogP contribution in [0.5, 0.6) is 0 Å². The molecule has 25 heavy (non-hydrogen) atoms. The molecule has 0 aliphatic heterocycles. The third-order valence-corrected chi connectivity index (χ3v) is 4.91. The number of pyridine rings is 1. The minimum Gasteiger partial charge on any atom is -0.349 e. The lowest BCUT2D eigenvalue weighted by molar-refractivity contribution is -0.121. The van der Waals surface area contributed by atoms with E-state index < -0.39 is 0 Å². The van der Waals surface area contributed by atoms with Gasteiger partial charge in [0.15, 0.2) is 0 Å². The number of aromatic nitrogens is 1. The summed E-state index contributed by atoms with van der Waals surface area (Å²) < 4.78 is 0. The summed E-state index contributed by atoms with van der Waals surface area (Å²) in [6, 6.07) is 18.6. The molecule has 1 amide bonds. The third kappa shape index (κ3) is 3.55. The summed E-state index contributed by atoms with van der Waals surface area (Å²) in [6.07, 6.45) is 4.52. The molecule has 1 unspecified atom stereocenters. The summed E-state index contributed by atoms with van der Waals surface area (Å²) in [4.78, 5) is 17.1. The highest BCUT2D eigenvalue weighted by Gasteiger charge is 2.33. The topological polar surface area (TPSA) is 42.0 Å². The fourth-order valence-electron chi connectivity index (χ4n) is 3.38. The molecule has 126 valence electrons. The molecule has 0 spiro atoms. The van der Waals surface area contributed by atoms with Gasteiger partial charge in [0.2, 0.25) is 5.91 Å². The van der Waals surface area contributed by atoms with Gasteiger partial charge >= 0.3 is 0 Å². The maximum atomic E-state index is 12.7. The number of rotatable bonds is 5. The lowest BCUT2D eigenvalue weighted by Gasteiger charge is -2.19. The van der Waals surface area contributed by atoms with Crippen molar-refractivity contribution < 1.29 is 4.79 Å². The molecule has 1 fully saturated rings. The van der Waals surface area contributed by atoms with Crippen LogP contribution in [-0.2, 0) is 11.2 Å². The minimum atomic E-state index is 0.0654. The molecule has 0 bridgehead atoms. The van der Waals surface area contributed by atoms with Crippen LogP contribution in [0.3, 0.4) is 0 Å². The van der Waals surface area contributed by atoms with Gasteiger partial charge in [-0.05, 0) is 42.9 Å². The van der Waals surface area contributed by atoms with Crippen LogP contribution in [0.4, 0.5) is 0 Å². The molecule has 3 heteroatoms. The van der Waals surface area contributed by atoms with Crippen LogP contribution in [0.1, 0.15) is 35.6 Å². The average molecular weight is 330 g/mol. The van der Waals surface area contributed by atoms with E-state index in [1.807, 2.05) is 30.3 Å². The number of para-hydroxylation sites is 1. The van der Waals surface area contributed by atoms with Crippen LogP contribution in [0.25, 0.3) is 10.9 Å². The van der Waals surface area contributed by atoms with E-state index in [2.05, 4.69) is 41.5 Å². The van der Waals surface area contributed by atoms with Gasteiger partial charge in [-0.25, -0.2) is 0 Å². The van der Waals surface area contributed by atoms with E-state index in [0.29, 0.717) is 12.3 Å². The monoisotopic (exact) mass is 330 g/mol. The van der Waals surface area contributed by atoms with Crippen LogP contribution < -0.4 is 5.32 Å². The molecule has 4 rings (SSSR count). The fraction of sp³-hybridized carbons (Fsp3) is 0.273. The smallest absolute Gasteiger partial charge is 0.224 e. The molecule has 0 saturated heterocycles. The van der Waals surface area contributed by atoms with Gasteiger partial charge in [-0.3, -0.25) is 9.78 Å². The number of benzene rings is 2. The number of nitrogens with one attached hydrogen (secondary N) is 1. The summed E-state index contributed by atoms with van der Waals surface area (Å²) >= 11 is 0. The van der Waals surface area contributed by atoms with Crippen LogP contribution in [0.2, 0.25) is 0 Å². The predicted octanol–water partition coefficient (Wildman–Crippen LogP) is 4.35. The Morgan fingerprint density at radius 2 is 1.88 bits per heavy atom. The van der Waals surface area contributed by atoms with E-state index in [4.69, 9.17) is 0 Å².